The van der Waals surface area contributed by atoms with Crippen LogP contribution in [0.15, 0.2) is 23.3 Å². The monoisotopic (exact) mass is 430 g/mol. The highest BCUT2D eigenvalue weighted by Crippen LogP contribution is 2.21. The third-order valence-corrected chi connectivity index (χ3v) is 6.47. The highest BCUT2D eigenvalue weighted by Gasteiger charge is 2.32. The molecule has 0 spiro atoms. The van der Waals surface area contributed by atoms with Gasteiger partial charge in [0.1, 0.15) is 11.9 Å². The molecule has 0 aliphatic carbocycles. The lowest BCUT2D eigenvalue weighted by atomic mass is 10.1. The first-order valence-electron chi connectivity index (χ1n) is 12.0. The molecule has 0 amide bonds. The summed E-state index contributed by atoms with van der Waals surface area (Å²) < 4.78 is 11.9. The van der Waals surface area contributed by atoms with Gasteiger partial charge in [-0.2, -0.15) is 0 Å². The van der Waals surface area contributed by atoms with E-state index >= 15 is 0 Å². The Morgan fingerprint density at radius 3 is 2.61 bits per heavy atom. The van der Waals surface area contributed by atoms with E-state index in [0.29, 0.717) is 6.54 Å². The standard InChI is InChI=1S/C23H38N6O2/c1-3-24-23(29-13-15-31-21(18-29)20-6-5-14-30-20)26-17-19-7-8-22(25-16-19)28-11-9-27(4-2)10-12-28/h7-8,16,20-21H,3-6,9-15,17-18H2,1-2H3,(H,24,26). The largest absolute Gasteiger partial charge is 0.375 e. The molecule has 3 fully saturated rings. The van der Waals surface area contributed by atoms with Crippen LogP contribution in [0.25, 0.3) is 0 Å². The summed E-state index contributed by atoms with van der Waals surface area (Å²) in [5.41, 5.74) is 1.13. The number of morpholine rings is 1. The van der Waals surface area contributed by atoms with Crippen LogP contribution in [0.2, 0.25) is 0 Å². The predicted molar refractivity (Wildman–Crippen MR) is 124 cm³/mol. The Morgan fingerprint density at radius 1 is 1.10 bits per heavy atom. The molecule has 3 saturated heterocycles. The topological polar surface area (TPSA) is 65.5 Å². The van der Waals surface area contributed by atoms with Crippen molar-refractivity contribution in [2.24, 2.45) is 4.99 Å². The number of piperazine rings is 1. The second-order valence-corrected chi connectivity index (χ2v) is 8.52. The number of pyridine rings is 1. The molecule has 0 saturated carbocycles. The minimum atomic E-state index is 0.134. The first kappa shape index (κ1) is 22.3. The maximum Gasteiger partial charge on any atom is 0.194 e. The van der Waals surface area contributed by atoms with E-state index in [0.717, 1.165) is 95.8 Å². The van der Waals surface area contributed by atoms with Crippen LogP contribution in [0.3, 0.4) is 0 Å². The van der Waals surface area contributed by atoms with Crippen LogP contribution < -0.4 is 10.2 Å². The molecule has 8 heteroatoms. The van der Waals surface area contributed by atoms with Crippen LogP contribution in [0.4, 0.5) is 5.82 Å². The summed E-state index contributed by atoms with van der Waals surface area (Å²) in [6.45, 7) is 14.5. The van der Waals surface area contributed by atoms with Gasteiger partial charge in [0.05, 0.1) is 19.3 Å². The quantitative estimate of drug-likeness (QED) is 0.543. The predicted octanol–water partition coefficient (Wildman–Crippen LogP) is 1.57. The highest BCUT2D eigenvalue weighted by atomic mass is 16.5. The number of anilines is 1. The van der Waals surface area contributed by atoms with Gasteiger partial charge in [-0.3, -0.25) is 0 Å². The van der Waals surface area contributed by atoms with Gasteiger partial charge in [-0.05, 0) is 37.9 Å². The van der Waals surface area contributed by atoms with E-state index in [2.05, 4.69) is 46.0 Å². The van der Waals surface area contributed by atoms with Crippen molar-refractivity contribution in [2.75, 3.05) is 70.5 Å². The second-order valence-electron chi connectivity index (χ2n) is 8.52. The van der Waals surface area contributed by atoms with Crippen LogP contribution in [0.5, 0.6) is 0 Å². The highest BCUT2D eigenvalue weighted by molar-refractivity contribution is 5.80. The summed E-state index contributed by atoms with van der Waals surface area (Å²) in [7, 11) is 0. The van der Waals surface area contributed by atoms with Gasteiger partial charge in [0.25, 0.3) is 0 Å². The van der Waals surface area contributed by atoms with Gasteiger partial charge in [-0.15, -0.1) is 0 Å². The van der Waals surface area contributed by atoms with Gasteiger partial charge in [0.2, 0.25) is 0 Å². The molecule has 172 valence electrons. The Hall–Kier alpha value is -1.90. The van der Waals surface area contributed by atoms with Crippen molar-refractivity contribution in [3.63, 3.8) is 0 Å². The lowest BCUT2D eigenvalue weighted by Gasteiger charge is -2.37. The minimum absolute atomic E-state index is 0.134. The lowest BCUT2D eigenvalue weighted by Crippen LogP contribution is -2.53. The molecular weight excluding hydrogens is 392 g/mol. The third kappa shape index (κ3) is 5.87. The van der Waals surface area contributed by atoms with Crippen molar-refractivity contribution in [3.8, 4) is 0 Å². The summed E-state index contributed by atoms with van der Waals surface area (Å²) in [4.78, 5) is 16.8. The van der Waals surface area contributed by atoms with E-state index in [9.17, 15) is 0 Å². The summed E-state index contributed by atoms with van der Waals surface area (Å²) >= 11 is 0. The first-order valence-corrected chi connectivity index (χ1v) is 12.0. The maximum atomic E-state index is 6.00. The zero-order valence-corrected chi connectivity index (χ0v) is 19.1. The number of hydrogen-bond donors (Lipinski definition) is 1. The normalized spacial score (nSPS) is 25.8. The molecule has 1 aromatic heterocycles. The molecule has 3 aliphatic heterocycles. The molecule has 1 aromatic rings. The summed E-state index contributed by atoms with van der Waals surface area (Å²) in [5.74, 6) is 2.02. The van der Waals surface area contributed by atoms with Crippen molar-refractivity contribution in [1.29, 1.82) is 0 Å². The third-order valence-electron chi connectivity index (χ3n) is 6.47. The second kappa shape index (κ2) is 11.1. The summed E-state index contributed by atoms with van der Waals surface area (Å²) in [6.07, 6.45) is 4.56. The molecule has 31 heavy (non-hydrogen) atoms. The van der Waals surface area contributed by atoms with Crippen molar-refractivity contribution in [1.82, 2.24) is 20.1 Å². The molecule has 1 N–H and O–H groups in total. The van der Waals surface area contributed by atoms with Crippen molar-refractivity contribution in [3.05, 3.63) is 23.9 Å². The lowest BCUT2D eigenvalue weighted by molar-refractivity contribution is -0.0817. The maximum absolute atomic E-state index is 6.00. The fourth-order valence-corrected chi connectivity index (χ4v) is 4.57. The van der Waals surface area contributed by atoms with Gasteiger partial charge in [0, 0.05) is 58.6 Å². The molecule has 4 heterocycles. The summed E-state index contributed by atoms with van der Waals surface area (Å²) in [6, 6.07) is 4.30. The van der Waals surface area contributed by atoms with Crippen LogP contribution in [-0.2, 0) is 16.0 Å². The zero-order valence-electron chi connectivity index (χ0n) is 19.1. The van der Waals surface area contributed by atoms with Gasteiger partial charge < -0.3 is 29.5 Å². The van der Waals surface area contributed by atoms with Crippen LogP contribution in [-0.4, -0.2) is 98.5 Å². The van der Waals surface area contributed by atoms with Crippen LogP contribution >= 0.6 is 0 Å². The smallest absolute Gasteiger partial charge is 0.194 e. The number of hydrogen-bond acceptors (Lipinski definition) is 6. The molecule has 0 aromatic carbocycles. The van der Waals surface area contributed by atoms with E-state index < -0.39 is 0 Å². The molecule has 2 atom stereocenters. The Balaban J connectivity index is 1.34. The van der Waals surface area contributed by atoms with Crippen molar-refractivity contribution >= 4 is 11.8 Å². The Bertz CT molecular complexity index is 699. The van der Waals surface area contributed by atoms with E-state index in [1.165, 1.54) is 0 Å². The average Bonchev–Trinajstić information content (AvgIpc) is 3.37. The molecule has 3 aliphatic rings. The first-order chi connectivity index (χ1) is 15.3. The number of guanidine groups is 1. The number of rotatable bonds is 6. The minimum Gasteiger partial charge on any atom is -0.375 e. The molecule has 4 rings (SSSR count). The van der Waals surface area contributed by atoms with Gasteiger partial charge in [-0.1, -0.05) is 13.0 Å². The van der Waals surface area contributed by atoms with E-state index in [1.807, 2.05) is 6.20 Å². The van der Waals surface area contributed by atoms with Crippen molar-refractivity contribution < 1.29 is 9.47 Å². The molecule has 8 nitrogen and oxygen atoms in total. The van der Waals surface area contributed by atoms with Crippen LogP contribution in [0.1, 0.15) is 32.3 Å². The van der Waals surface area contributed by atoms with Gasteiger partial charge in [0.15, 0.2) is 5.96 Å². The van der Waals surface area contributed by atoms with Crippen LogP contribution in [0, 0.1) is 0 Å². The number of nitrogens with one attached hydrogen (secondary N) is 1. The number of likely N-dealkylation sites (N-methyl/N-ethyl adjacent to an activating group) is 1. The molecule has 2 unspecified atom stereocenters. The fraction of sp³-hybridized carbons (Fsp3) is 0.739. The number of aromatic nitrogens is 1. The number of ether oxygens (including phenoxy) is 2. The average molecular weight is 431 g/mol. The van der Waals surface area contributed by atoms with E-state index in [1.54, 1.807) is 0 Å². The molecule has 0 bridgehead atoms. The van der Waals surface area contributed by atoms with E-state index in [4.69, 9.17) is 19.5 Å². The number of nitrogens with zero attached hydrogens (tertiary/aromatic N) is 5. The Morgan fingerprint density at radius 2 is 1.94 bits per heavy atom. The van der Waals surface area contributed by atoms with Crippen molar-refractivity contribution in [2.45, 2.75) is 45.4 Å². The zero-order chi connectivity index (χ0) is 21.5. The number of aliphatic imine (C=N–C) groups is 1. The Kier molecular flexibility index (Phi) is 7.99. The fourth-order valence-electron chi connectivity index (χ4n) is 4.57. The van der Waals surface area contributed by atoms with Gasteiger partial charge in [-0.25, -0.2) is 9.98 Å². The van der Waals surface area contributed by atoms with E-state index in [-0.39, 0.29) is 12.2 Å². The van der Waals surface area contributed by atoms with Gasteiger partial charge >= 0.3 is 0 Å². The summed E-state index contributed by atoms with van der Waals surface area (Å²) in [5, 5.41) is 3.45. The Labute approximate surface area is 186 Å². The molecule has 0 radical (unpaired) electrons. The SMILES string of the molecule is CCNC(=NCc1ccc(N2CCN(CC)CC2)nc1)N1CCOC(C2CCCO2)C1. The molecular formula is C23H38N6O2.